The Kier molecular flexibility index (Phi) is 74.1. The van der Waals surface area contributed by atoms with E-state index >= 15 is 0 Å². The minimum atomic E-state index is -4.27. The third kappa shape index (κ3) is 60.0. The predicted molar refractivity (Wildman–Crippen MR) is 464 cm³/mol. The molecule has 116 heavy (non-hydrogen) atoms. The van der Waals surface area contributed by atoms with Crippen molar-refractivity contribution < 1.29 is 90.6 Å². The van der Waals surface area contributed by atoms with Gasteiger partial charge in [-0.05, 0) is 129 Å². The second-order valence-corrected chi connectivity index (χ2v) is 32.1. The first-order valence-electron chi connectivity index (χ1n) is 45.4. The molecule has 0 aliphatic heterocycles. The number of hydrogen-bond donors (Lipinski definition) is 5. The SMILES string of the molecule is CCCCCCCCCCCCCC1=C(CCCCC(=O)OCCCCCC)C(=O)C(C)=C(NCCCC(=O)OCCCCCC)C1=O.CCCCCCCCCCCCCC1=C(OC)C(=O)C(C)=C(NCCCC(=O)OCCCCCC)C1=O.CCCCCCOC(=O)CCC[NH3+].Cc1ccc(S(=O)(=O)[O-])cc1.NCCCC(=O)O. The van der Waals surface area contributed by atoms with Gasteiger partial charge in [0, 0.05) is 73.1 Å². The second kappa shape index (κ2) is 77.1. The largest absolute Gasteiger partial charge is 0.744 e. The Balaban J connectivity index is 0. The van der Waals surface area contributed by atoms with Gasteiger partial charge >= 0.3 is 29.8 Å². The van der Waals surface area contributed by atoms with Crippen LogP contribution in [0.1, 0.15) is 395 Å². The summed E-state index contributed by atoms with van der Waals surface area (Å²) in [6.07, 6.45) is 51.5. The van der Waals surface area contributed by atoms with Crippen molar-refractivity contribution >= 4 is 63.1 Å². The minimum Gasteiger partial charge on any atom is -0.744 e. The number of unbranched alkanes of at least 4 members (excludes halogenated alkanes) is 33. The monoisotopic (exact) mass is 1660 g/mol. The molecule has 22 nitrogen and oxygen atoms in total. The van der Waals surface area contributed by atoms with Crippen LogP contribution in [0, 0.1) is 6.92 Å². The number of carbonyl (C=O) groups is 9. The third-order valence-electron chi connectivity index (χ3n) is 20.2. The van der Waals surface area contributed by atoms with Crippen LogP contribution in [-0.4, -0.2) is 131 Å². The van der Waals surface area contributed by atoms with E-state index in [2.05, 4.69) is 57.9 Å². The number of carboxylic acids is 1. The number of esters is 4. The molecule has 0 radical (unpaired) electrons. The van der Waals surface area contributed by atoms with Gasteiger partial charge in [-0.2, -0.15) is 0 Å². The fourth-order valence-electron chi connectivity index (χ4n) is 12.9. The van der Waals surface area contributed by atoms with Gasteiger partial charge in [-0.1, -0.05) is 265 Å². The predicted octanol–water partition coefficient (Wildman–Crippen LogP) is 19.9. The number of carboxylic acid groups (broad SMARTS) is 1. The number of methoxy groups -OCH3 is 1. The number of aliphatic carboxylic acids is 1. The molecular weight excluding hydrogens is 1490 g/mol. The van der Waals surface area contributed by atoms with Gasteiger partial charge in [-0.3, -0.25) is 43.2 Å². The number of nitrogens with two attached hydrogens (primary N) is 1. The summed E-state index contributed by atoms with van der Waals surface area (Å²) in [7, 11) is -2.81. The van der Waals surface area contributed by atoms with E-state index in [1.165, 1.54) is 141 Å². The van der Waals surface area contributed by atoms with E-state index in [4.69, 9.17) is 34.5 Å². The van der Waals surface area contributed by atoms with Crippen LogP contribution in [0.25, 0.3) is 0 Å². The van der Waals surface area contributed by atoms with Crippen molar-refractivity contribution in [2.45, 2.75) is 401 Å². The Morgan fingerprint density at radius 3 is 1.00 bits per heavy atom. The molecule has 0 fully saturated rings. The molecule has 0 unspecified atom stereocenters. The van der Waals surface area contributed by atoms with Crippen LogP contribution >= 0.6 is 0 Å². The molecule has 2 aliphatic rings. The Bertz CT molecular complexity index is 3070. The zero-order valence-electron chi connectivity index (χ0n) is 74.3. The highest BCUT2D eigenvalue weighted by Crippen LogP contribution is 2.32. The molecular formula is C93H162N4O18S. The molecule has 0 saturated heterocycles. The molecule has 0 saturated carbocycles. The van der Waals surface area contributed by atoms with E-state index in [0.717, 1.165) is 141 Å². The quantitative estimate of drug-likeness (QED) is 0.0133. The molecule has 0 aromatic heterocycles. The second-order valence-electron chi connectivity index (χ2n) is 30.8. The first kappa shape index (κ1) is 111. The average molecular weight is 1660 g/mol. The van der Waals surface area contributed by atoms with E-state index in [1.807, 2.05) is 6.92 Å². The number of hydrogen-bond acceptors (Lipinski definition) is 20. The van der Waals surface area contributed by atoms with Crippen molar-refractivity contribution in [1.29, 1.82) is 0 Å². The number of carbonyl (C=O) groups excluding carboxylic acids is 8. The number of Topliss-reactive ketones (excluding diaryl/α,β-unsaturated/α-hetero) is 4. The maximum absolute atomic E-state index is 13.8. The Hall–Kier alpha value is -6.56. The lowest BCUT2D eigenvalue weighted by Crippen LogP contribution is -2.50. The van der Waals surface area contributed by atoms with Crippen molar-refractivity contribution in [3.63, 3.8) is 0 Å². The van der Waals surface area contributed by atoms with Gasteiger partial charge in [0.1, 0.15) is 10.1 Å². The molecule has 1 aromatic carbocycles. The molecule has 0 heterocycles. The van der Waals surface area contributed by atoms with Crippen molar-refractivity contribution in [3.8, 4) is 0 Å². The van der Waals surface area contributed by atoms with Crippen LogP contribution in [0.2, 0.25) is 0 Å². The summed E-state index contributed by atoms with van der Waals surface area (Å²) < 4.78 is 57.5. The molecule has 0 spiro atoms. The van der Waals surface area contributed by atoms with E-state index in [0.29, 0.717) is 156 Å². The smallest absolute Gasteiger partial charge is 0.306 e. The molecule has 0 bridgehead atoms. The number of ether oxygens (including phenoxy) is 5. The van der Waals surface area contributed by atoms with Crippen molar-refractivity contribution in [3.05, 3.63) is 74.8 Å². The molecule has 0 amide bonds. The van der Waals surface area contributed by atoms with Gasteiger partial charge in [0.2, 0.25) is 17.3 Å². The van der Waals surface area contributed by atoms with Crippen LogP contribution < -0.4 is 22.1 Å². The first-order chi connectivity index (χ1) is 55.9. The fraction of sp³-hybridized carbons (Fsp3) is 0.753. The van der Waals surface area contributed by atoms with Gasteiger partial charge in [0.15, 0.2) is 11.5 Å². The summed E-state index contributed by atoms with van der Waals surface area (Å²) in [5, 5.41) is 14.3. The van der Waals surface area contributed by atoms with Gasteiger partial charge in [-0.25, -0.2) is 8.42 Å². The standard InChI is InChI=1S/C41H71NO6.C31H53NO5.C10H21NO2.C7H8O3S.C4H9NO2/c1-5-8-11-14-15-16-17-18-19-20-21-27-36-35(28-22-23-29-37(43)47-32-24-12-9-6-2)40(45)34(4)39(41(36)46)42-31-26-30-38(44)48-33-25-13-10-7-3;1-5-7-9-11-12-13-14-15-16-17-18-21-26-30(35)28(25(3)29(34)31(26)36-4)32-23-20-22-27(33)37-24-19-10-8-6-2;1-2-3-4-5-9-13-10(12)7-6-8-11;1-6-2-4-7(5-3-6)11(8,9)10;5-3-1-2-4(6)7/h42H,5-33H2,1-4H3;32H,5-24H2,1-4H3;2-9,11H2,1H3;2-5H,1H3,(H,8,9,10);1-3,5H2,(H,6,7). The highest BCUT2D eigenvalue weighted by molar-refractivity contribution is 7.85. The maximum atomic E-state index is 13.8. The lowest BCUT2D eigenvalue weighted by molar-refractivity contribution is -0.368. The maximum Gasteiger partial charge on any atom is 0.306 e. The number of nitrogens with one attached hydrogen (secondary N) is 2. The highest BCUT2D eigenvalue weighted by Gasteiger charge is 2.34. The Morgan fingerprint density at radius 2 is 0.681 bits per heavy atom. The zero-order valence-corrected chi connectivity index (χ0v) is 75.1. The number of rotatable bonds is 67. The topological polar surface area (TPSA) is 355 Å². The first-order valence-corrected chi connectivity index (χ1v) is 46.8. The fourth-order valence-corrected chi connectivity index (χ4v) is 13.4. The summed E-state index contributed by atoms with van der Waals surface area (Å²) in [6, 6.07) is 5.78. The summed E-state index contributed by atoms with van der Waals surface area (Å²) in [4.78, 5) is 110. The summed E-state index contributed by atoms with van der Waals surface area (Å²) >= 11 is 0. The highest BCUT2D eigenvalue weighted by atomic mass is 32.2. The van der Waals surface area contributed by atoms with E-state index in [9.17, 15) is 56.1 Å². The summed E-state index contributed by atoms with van der Waals surface area (Å²) in [5.41, 5.74) is 12.9. The Labute approximate surface area is 702 Å². The normalized spacial score (nSPS) is 12.7. The van der Waals surface area contributed by atoms with E-state index in [1.54, 1.807) is 26.0 Å². The number of allylic oxidation sites excluding steroid dienone is 5. The lowest BCUT2D eigenvalue weighted by Gasteiger charge is -2.23. The van der Waals surface area contributed by atoms with Crippen LogP contribution in [-0.2, 0) is 77.0 Å². The molecule has 8 N–H and O–H groups in total. The zero-order chi connectivity index (χ0) is 86.7. The van der Waals surface area contributed by atoms with Crippen molar-refractivity contribution in [2.24, 2.45) is 5.73 Å². The lowest BCUT2D eigenvalue weighted by atomic mass is 9.82. The van der Waals surface area contributed by atoms with Crippen LogP contribution in [0.4, 0.5) is 0 Å². The molecule has 0 atom stereocenters. The third-order valence-corrected chi connectivity index (χ3v) is 21.0. The van der Waals surface area contributed by atoms with Gasteiger partial charge in [0.25, 0.3) is 0 Å². The van der Waals surface area contributed by atoms with E-state index < -0.39 is 16.1 Å². The number of quaternary nitrogens is 1. The number of benzene rings is 1. The summed E-state index contributed by atoms with van der Waals surface area (Å²) in [6.45, 7) is 22.4. The van der Waals surface area contributed by atoms with E-state index in [-0.39, 0.29) is 70.5 Å². The van der Waals surface area contributed by atoms with Crippen LogP contribution in [0.5, 0.6) is 0 Å². The minimum absolute atomic E-state index is 0.0693. The van der Waals surface area contributed by atoms with Gasteiger partial charge in [-0.15, -0.1) is 0 Å². The van der Waals surface area contributed by atoms with Gasteiger partial charge < -0.3 is 55.4 Å². The van der Waals surface area contributed by atoms with Crippen LogP contribution in [0.3, 0.4) is 0 Å². The molecule has 2 aliphatic carbocycles. The average Bonchev–Trinajstić information content (AvgIpc) is 0.793. The summed E-state index contributed by atoms with van der Waals surface area (Å²) in [5.74, 6) is -1.81. The van der Waals surface area contributed by atoms with Crippen LogP contribution in [0.15, 0.2) is 74.2 Å². The molecule has 23 heteroatoms. The van der Waals surface area contributed by atoms with Gasteiger partial charge in [0.05, 0.1) is 62.8 Å². The molecule has 668 valence electrons. The Morgan fingerprint density at radius 1 is 0.388 bits per heavy atom. The molecule has 3 rings (SSSR count). The van der Waals surface area contributed by atoms with Crippen molar-refractivity contribution in [2.75, 3.05) is 59.7 Å². The van der Waals surface area contributed by atoms with Crippen molar-refractivity contribution in [1.82, 2.24) is 10.6 Å². The molecule has 1 aromatic rings. The number of ketones is 4. The number of aryl methyl sites for hydroxylation is 1.